The molecule has 2 aromatic rings. The van der Waals surface area contributed by atoms with Crippen molar-refractivity contribution in [3.63, 3.8) is 0 Å². The highest BCUT2D eigenvalue weighted by atomic mass is 35.5. The van der Waals surface area contributed by atoms with Crippen LogP contribution in [0.15, 0.2) is 36.4 Å². The van der Waals surface area contributed by atoms with Crippen molar-refractivity contribution >= 4 is 40.8 Å². The Bertz CT molecular complexity index is 745. The summed E-state index contributed by atoms with van der Waals surface area (Å²) in [5.74, 6) is -1.90. The van der Waals surface area contributed by atoms with Crippen molar-refractivity contribution in [2.75, 3.05) is 11.9 Å². The predicted molar refractivity (Wildman–Crippen MR) is 86.5 cm³/mol. The number of halogens is 3. The Morgan fingerprint density at radius 1 is 1.17 bits per heavy atom. The number of benzene rings is 2. The molecule has 0 radical (unpaired) electrons. The summed E-state index contributed by atoms with van der Waals surface area (Å²) in [7, 11) is 0. The van der Waals surface area contributed by atoms with Gasteiger partial charge in [0.1, 0.15) is 5.82 Å². The van der Waals surface area contributed by atoms with Crippen molar-refractivity contribution in [1.29, 1.82) is 0 Å². The minimum Gasteiger partial charge on any atom is -0.452 e. The topological polar surface area (TPSA) is 55.4 Å². The maximum Gasteiger partial charge on any atom is 0.341 e. The van der Waals surface area contributed by atoms with Crippen LogP contribution in [0.2, 0.25) is 10.0 Å². The molecule has 1 amide bonds. The number of carbonyl (C=O) groups is 2. The summed E-state index contributed by atoms with van der Waals surface area (Å²) < 4.78 is 18.0. The number of aryl methyl sites for hydroxylation is 1. The van der Waals surface area contributed by atoms with Gasteiger partial charge in [0.25, 0.3) is 5.91 Å². The first-order chi connectivity index (χ1) is 10.9. The number of esters is 1. The van der Waals surface area contributed by atoms with Crippen LogP contribution in [0.1, 0.15) is 15.9 Å². The molecule has 0 aliphatic heterocycles. The Morgan fingerprint density at radius 2 is 1.83 bits per heavy atom. The highest BCUT2D eigenvalue weighted by molar-refractivity contribution is 6.39. The molecule has 2 aromatic carbocycles. The van der Waals surface area contributed by atoms with E-state index in [0.717, 1.165) is 0 Å². The molecule has 0 unspecified atom stereocenters. The predicted octanol–water partition coefficient (Wildman–Crippen LogP) is 4.24. The molecular weight excluding hydrogens is 344 g/mol. The number of rotatable bonds is 4. The molecule has 120 valence electrons. The van der Waals surface area contributed by atoms with E-state index in [0.29, 0.717) is 11.3 Å². The summed E-state index contributed by atoms with van der Waals surface area (Å²) >= 11 is 11.8. The number of hydrogen-bond donors (Lipinski definition) is 1. The molecule has 0 aliphatic carbocycles. The molecule has 23 heavy (non-hydrogen) atoms. The van der Waals surface area contributed by atoms with Crippen molar-refractivity contribution in [3.05, 3.63) is 63.4 Å². The van der Waals surface area contributed by atoms with E-state index in [4.69, 9.17) is 27.9 Å². The zero-order valence-electron chi connectivity index (χ0n) is 12.0. The van der Waals surface area contributed by atoms with E-state index >= 15 is 0 Å². The van der Waals surface area contributed by atoms with E-state index < -0.39 is 24.3 Å². The van der Waals surface area contributed by atoms with Crippen molar-refractivity contribution in [3.8, 4) is 0 Å². The van der Waals surface area contributed by atoms with Gasteiger partial charge in [-0.05, 0) is 36.8 Å². The SMILES string of the molecule is Cc1ccc(F)cc1NC(=O)COC(=O)c1c(Cl)cccc1Cl. The zero-order valence-corrected chi connectivity index (χ0v) is 13.5. The van der Waals surface area contributed by atoms with Gasteiger partial charge in [-0.1, -0.05) is 35.3 Å². The van der Waals surface area contributed by atoms with E-state index in [2.05, 4.69) is 5.32 Å². The van der Waals surface area contributed by atoms with Crippen LogP contribution in [-0.4, -0.2) is 18.5 Å². The lowest BCUT2D eigenvalue weighted by Crippen LogP contribution is -2.21. The maximum absolute atomic E-state index is 13.2. The summed E-state index contributed by atoms with van der Waals surface area (Å²) in [6, 6.07) is 8.55. The smallest absolute Gasteiger partial charge is 0.341 e. The van der Waals surface area contributed by atoms with Gasteiger partial charge in [0, 0.05) is 5.69 Å². The van der Waals surface area contributed by atoms with Crippen LogP contribution in [0.5, 0.6) is 0 Å². The second-order valence-corrected chi connectivity index (χ2v) is 5.49. The second kappa shape index (κ2) is 7.44. The quantitative estimate of drug-likeness (QED) is 0.834. The van der Waals surface area contributed by atoms with Gasteiger partial charge in [-0.15, -0.1) is 0 Å². The molecule has 0 heterocycles. The van der Waals surface area contributed by atoms with E-state index in [9.17, 15) is 14.0 Å². The molecule has 0 aromatic heterocycles. The van der Waals surface area contributed by atoms with Gasteiger partial charge in [-0.25, -0.2) is 9.18 Å². The van der Waals surface area contributed by atoms with Crippen LogP contribution in [0.25, 0.3) is 0 Å². The van der Waals surface area contributed by atoms with Crippen LogP contribution >= 0.6 is 23.2 Å². The first-order valence-electron chi connectivity index (χ1n) is 6.55. The van der Waals surface area contributed by atoms with E-state index in [-0.39, 0.29) is 15.6 Å². The summed E-state index contributed by atoms with van der Waals surface area (Å²) in [4.78, 5) is 23.7. The third kappa shape index (κ3) is 4.43. The van der Waals surface area contributed by atoms with Gasteiger partial charge in [0.05, 0.1) is 15.6 Å². The number of nitrogens with one attached hydrogen (secondary N) is 1. The van der Waals surface area contributed by atoms with Crippen molar-refractivity contribution in [2.24, 2.45) is 0 Å². The molecule has 0 saturated heterocycles. The number of hydrogen-bond acceptors (Lipinski definition) is 3. The van der Waals surface area contributed by atoms with Crippen LogP contribution in [0.3, 0.4) is 0 Å². The van der Waals surface area contributed by atoms with Crippen LogP contribution in [0.4, 0.5) is 10.1 Å². The maximum atomic E-state index is 13.2. The Morgan fingerprint density at radius 3 is 2.48 bits per heavy atom. The molecule has 0 aliphatic rings. The first kappa shape index (κ1) is 17.2. The lowest BCUT2D eigenvalue weighted by molar-refractivity contribution is -0.119. The third-order valence-corrected chi connectivity index (χ3v) is 3.60. The number of anilines is 1. The molecule has 0 atom stereocenters. The van der Waals surface area contributed by atoms with Crippen LogP contribution < -0.4 is 5.32 Å². The molecule has 2 rings (SSSR count). The summed E-state index contributed by atoms with van der Waals surface area (Å²) in [5.41, 5.74) is 0.979. The Balaban J connectivity index is 1.99. The average molecular weight is 356 g/mol. The van der Waals surface area contributed by atoms with Gasteiger partial charge < -0.3 is 10.1 Å². The van der Waals surface area contributed by atoms with Crippen molar-refractivity contribution in [2.45, 2.75) is 6.92 Å². The fraction of sp³-hybridized carbons (Fsp3) is 0.125. The Labute approximate surface area is 142 Å². The normalized spacial score (nSPS) is 10.3. The number of carbonyl (C=O) groups excluding carboxylic acids is 2. The summed E-state index contributed by atoms with van der Waals surface area (Å²) in [6.45, 7) is 1.17. The molecule has 0 spiro atoms. The van der Waals surface area contributed by atoms with Gasteiger partial charge in [0.15, 0.2) is 6.61 Å². The monoisotopic (exact) mass is 355 g/mol. The van der Waals surface area contributed by atoms with Gasteiger partial charge in [-0.3, -0.25) is 4.79 Å². The zero-order chi connectivity index (χ0) is 17.0. The molecule has 4 nitrogen and oxygen atoms in total. The number of ether oxygens (including phenoxy) is 1. The fourth-order valence-corrected chi connectivity index (χ4v) is 2.36. The molecule has 0 bridgehead atoms. The largest absolute Gasteiger partial charge is 0.452 e. The highest BCUT2D eigenvalue weighted by Crippen LogP contribution is 2.25. The molecule has 7 heteroatoms. The standard InChI is InChI=1S/C16H12Cl2FNO3/c1-9-5-6-10(19)7-13(9)20-14(21)8-23-16(22)15-11(17)3-2-4-12(15)18/h2-7H,8H2,1H3,(H,20,21). The average Bonchev–Trinajstić information content (AvgIpc) is 2.49. The second-order valence-electron chi connectivity index (χ2n) is 4.68. The van der Waals surface area contributed by atoms with Gasteiger partial charge in [-0.2, -0.15) is 0 Å². The summed E-state index contributed by atoms with van der Waals surface area (Å²) in [6.07, 6.45) is 0. The first-order valence-corrected chi connectivity index (χ1v) is 7.31. The highest BCUT2D eigenvalue weighted by Gasteiger charge is 2.17. The number of amides is 1. The lowest BCUT2D eigenvalue weighted by Gasteiger charge is -2.10. The summed E-state index contributed by atoms with van der Waals surface area (Å²) in [5, 5.41) is 2.72. The Kier molecular flexibility index (Phi) is 5.58. The lowest BCUT2D eigenvalue weighted by atomic mass is 10.2. The van der Waals surface area contributed by atoms with E-state index in [1.165, 1.54) is 30.3 Å². The van der Waals surface area contributed by atoms with Crippen molar-refractivity contribution < 1.29 is 18.7 Å². The van der Waals surface area contributed by atoms with Crippen LogP contribution in [-0.2, 0) is 9.53 Å². The van der Waals surface area contributed by atoms with Gasteiger partial charge in [0.2, 0.25) is 0 Å². The molecule has 0 saturated carbocycles. The minimum atomic E-state index is -0.813. The third-order valence-electron chi connectivity index (χ3n) is 2.97. The van der Waals surface area contributed by atoms with E-state index in [1.54, 1.807) is 13.0 Å². The van der Waals surface area contributed by atoms with E-state index in [1.807, 2.05) is 0 Å². The fourth-order valence-electron chi connectivity index (χ4n) is 1.81. The Hall–Kier alpha value is -2.11. The minimum absolute atomic E-state index is 0.00873. The van der Waals surface area contributed by atoms with Gasteiger partial charge >= 0.3 is 5.97 Å². The molecule has 1 N–H and O–H groups in total. The molecular formula is C16H12Cl2FNO3. The van der Waals surface area contributed by atoms with Crippen molar-refractivity contribution in [1.82, 2.24) is 0 Å². The van der Waals surface area contributed by atoms with Crippen LogP contribution in [0, 0.1) is 12.7 Å². The molecule has 0 fully saturated rings.